The van der Waals surface area contributed by atoms with Crippen molar-refractivity contribution in [2.45, 2.75) is 13.0 Å². The highest BCUT2D eigenvalue weighted by Crippen LogP contribution is 2.34. The van der Waals surface area contributed by atoms with Crippen LogP contribution >= 0.6 is 22.9 Å². The molecule has 1 unspecified atom stereocenters. The van der Waals surface area contributed by atoms with Crippen molar-refractivity contribution in [3.63, 3.8) is 0 Å². The molecule has 0 fully saturated rings. The number of hydrazine groups is 1. The molecule has 0 saturated heterocycles. The summed E-state index contributed by atoms with van der Waals surface area (Å²) in [6, 6.07) is 5.30. The molecule has 0 aliphatic heterocycles. The molecule has 0 spiro atoms. The summed E-state index contributed by atoms with van der Waals surface area (Å²) in [4.78, 5) is 5.29. The first-order valence-corrected chi connectivity index (χ1v) is 6.62. The van der Waals surface area contributed by atoms with Crippen LogP contribution in [0, 0.1) is 6.92 Å². The summed E-state index contributed by atoms with van der Waals surface area (Å²) in [6.07, 6.45) is 0. The van der Waals surface area contributed by atoms with E-state index < -0.39 is 0 Å². The molecule has 0 bridgehead atoms. The van der Waals surface area contributed by atoms with Gasteiger partial charge in [0.15, 0.2) is 0 Å². The minimum Gasteiger partial charge on any atom is -0.496 e. The molecule has 18 heavy (non-hydrogen) atoms. The summed E-state index contributed by atoms with van der Waals surface area (Å²) in [5.74, 6) is 6.41. The lowest BCUT2D eigenvalue weighted by molar-refractivity contribution is 0.404. The number of methoxy groups -OCH3 is 1. The Balaban J connectivity index is 2.51. The number of nitrogens with two attached hydrogens (primary N) is 1. The lowest BCUT2D eigenvalue weighted by Gasteiger charge is -2.18. The second-order valence-corrected chi connectivity index (χ2v) is 5.11. The summed E-state index contributed by atoms with van der Waals surface area (Å²) in [7, 11) is 1.62. The van der Waals surface area contributed by atoms with Crippen LogP contribution in [0.25, 0.3) is 0 Å². The Morgan fingerprint density at radius 1 is 1.50 bits per heavy atom. The Hall–Kier alpha value is -1.14. The van der Waals surface area contributed by atoms with Crippen molar-refractivity contribution in [2.24, 2.45) is 5.84 Å². The highest BCUT2D eigenvalue weighted by Gasteiger charge is 2.20. The van der Waals surface area contributed by atoms with Crippen molar-refractivity contribution in [1.82, 2.24) is 10.4 Å². The van der Waals surface area contributed by atoms with Gasteiger partial charge < -0.3 is 4.74 Å². The molecule has 0 amide bonds. The summed E-state index contributed by atoms with van der Waals surface area (Å²) in [5, 5.41) is 0.646. The SMILES string of the molecule is COc1ccc(Cl)cc1C(NN)c1scnc1C. The van der Waals surface area contributed by atoms with Gasteiger partial charge in [0.25, 0.3) is 0 Å². The highest BCUT2D eigenvalue weighted by molar-refractivity contribution is 7.09. The number of ether oxygens (including phenoxy) is 1. The smallest absolute Gasteiger partial charge is 0.124 e. The molecule has 0 saturated carbocycles. The fourth-order valence-electron chi connectivity index (χ4n) is 1.83. The Labute approximate surface area is 115 Å². The van der Waals surface area contributed by atoms with Crippen molar-refractivity contribution < 1.29 is 4.74 Å². The third-order valence-electron chi connectivity index (χ3n) is 2.71. The van der Waals surface area contributed by atoms with E-state index in [-0.39, 0.29) is 6.04 Å². The van der Waals surface area contributed by atoms with E-state index in [4.69, 9.17) is 22.2 Å². The zero-order valence-electron chi connectivity index (χ0n) is 10.1. The monoisotopic (exact) mass is 283 g/mol. The molecule has 1 heterocycles. The maximum atomic E-state index is 6.04. The largest absolute Gasteiger partial charge is 0.496 e. The number of hydrogen-bond donors (Lipinski definition) is 2. The quantitative estimate of drug-likeness (QED) is 0.669. The minimum atomic E-state index is -0.175. The number of halogens is 1. The Morgan fingerprint density at radius 2 is 2.28 bits per heavy atom. The predicted molar refractivity (Wildman–Crippen MR) is 74.0 cm³/mol. The zero-order valence-corrected chi connectivity index (χ0v) is 11.7. The topological polar surface area (TPSA) is 60.2 Å². The van der Waals surface area contributed by atoms with E-state index in [1.54, 1.807) is 30.0 Å². The predicted octanol–water partition coefficient (Wildman–Crippen LogP) is 2.67. The summed E-state index contributed by atoms with van der Waals surface area (Å²) >= 11 is 7.59. The molecule has 6 heteroatoms. The van der Waals surface area contributed by atoms with Crippen LogP contribution in [0.2, 0.25) is 5.02 Å². The van der Waals surface area contributed by atoms with Gasteiger partial charge in [-0.05, 0) is 25.1 Å². The molecule has 0 aliphatic rings. The average Bonchev–Trinajstić information content (AvgIpc) is 2.77. The first-order valence-electron chi connectivity index (χ1n) is 5.37. The Morgan fingerprint density at radius 3 is 2.83 bits per heavy atom. The third kappa shape index (κ3) is 2.49. The van der Waals surface area contributed by atoms with Crippen LogP contribution in [0.4, 0.5) is 0 Å². The van der Waals surface area contributed by atoms with Gasteiger partial charge in [-0.3, -0.25) is 5.84 Å². The van der Waals surface area contributed by atoms with Gasteiger partial charge in [0.05, 0.1) is 29.2 Å². The first-order chi connectivity index (χ1) is 8.67. The summed E-state index contributed by atoms with van der Waals surface area (Å²) in [5.41, 5.74) is 6.44. The zero-order chi connectivity index (χ0) is 13.1. The molecule has 3 N–H and O–H groups in total. The first kappa shape index (κ1) is 13.3. The molecule has 0 aliphatic carbocycles. The van der Waals surface area contributed by atoms with Crippen LogP contribution in [-0.4, -0.2) is 12.1 Å². The number of aromatic nitrogens is 1. The summed E-state index contributed by atoms with van der Waals surface area (Å²) in [6.45, 7) is 1.95. The number of hydrogen-bond acceptors (Lipinski definition) is 5. The van der Waals surface area contributed by atoms with E-state index >= 15 is 0 Å². The van der Waals surface area contributed by atoms with Gasteiger partial charge in [-0.2, -0.15) is 0 Å². The normalized spacial score (nSPS) is 12.4. The number of aryl methyl sites for hydroxylation is 1. The molecule has 0 radical (unpaired) electrons. The Kier molecular flexibility index (Phi) is 4.19. The number of thiazole rings is 1. The van der Waals surface area contributed by atoms with E-state index in [1.165, 1.54) is 0 Å². The molecule has 1 aromatic heterocycles. The molecular formula is C12H14ClN3OS. The van der Waals surface area contributed by atoms with Gasteiger partial charge in [0.2, 0.25) is 0 Å². The number of benzene rings is 1. The van der Waals surface area contributed by atoms with Crippen LogP contribution < -0.4 is 16.0 Å². The van der Waals surface area contributed by atoms with Crippen LogP contribution in [0.5, 0.6) is 5.75 Å². The molecule has 4 nitrogen and oxygen atoms in total. The van der Waals surface area contributed by atoms with E-state index in [2.05, 4.69) is 10.4 Å². The lowest BCUT2D eigenvalue weighted by Crippen LogP contribution is -2.29. The number of rotatable bonds is 4. The lowest BCUT2D eigenvalue weighted by atomic mass is 10.0. The van der Waals surface area contributed by atoms with Gasteiger partial charge >= 0.3 is 0 Å². The molecule has 1 atom stereocenters. The number of nitrogens with one attached hydrogen (secondary N) is 1. The molecule has 96 valence electrons. The van der Waals surface area contributed by atoms with Gasteiger partial charge in [-0.25, -0.2) is 10.4 Å². The molecule has 2 aromatic rings. The molecule has 1 aromatic carbocycles. The van der Waals surface area contributed by atoms with Crippen LogP contribution in [0.3, 0.4) is 0 Å². The van der Waals surface area contributed by atoms with Crippen molar-refractivity contribution in [3.05, 3.63) is 44.9 Å². The Bertz CT molecular complexity index is 544. The van der Waals surface area contributed by atoms with Crippen molar-refractivity contribution in [3.8, 4) is 5.75 Å². The minimum absolute atomic E-state index is 0.175. The maximum Gasteiger partial charge on any atom is 0.124 e. The van der Waals surface area contributed by atoms with E-state index in [1.807, 2.05) is 19.1 Å². The van der Waals surface area contributed by atoms with Crippen molar-refractivity contribution in [2.75, 3.05) is 7.11 Å². The van der Waals surface area contributed by atoms with Crippen molar-refractivity contribution >= 4 is 22.9 Å². The van der Waals surface area contributed by atoms with Crippen molar-refractivity contribution in [1.29, 1.82) is 0 Å². The number of nitrogens with zero attached hydrogens (tertiary/aromatic N) is 1. The van der Waals surface area contributed by atoms with Crippen LogP contribution in [-0.2, 0) is 0 Å². The van der Waals surface area contributed by atoms with Gasteiger partial charge in [0, 0.05) is 10.6 Å². The molecular weight excluding hydrogens is 270 g/mol. The fraction of sp³-hybridized carbons (Fsp3) is 0.250. The third-order valence-corrected chi connectivity index (χ3v) is 3.95. The standard InChI is InChI=1S/C12H14ClN3OS/c1-7-12(18-6-15-7)11(16-14)9-5-8(13)3-4-10(9)17-2/h3-6,11,16H,14H2,1-2H3. The highest BCUT2D eigenvalue weighted by atomic mass is 35.5. The molecule has 2 rings (SSSR count). The maximum absolute atomic E-state index is 6.04. The van der Waals surface area contributed by atoms with E-state index in [0.717, 1.165) is 21.9 Å². The van der Waals surface area contributed by atoms with E-state index in [9.17, 15) is 0 Å². The fourth-order valence-corrected chi connectivity index (χ4v) is 2.88. The average molecular weight is 284 g/mol. The second-order valence-electron chi connectivity index (χ2n) is 3.79. The van der Waals surface area contributed by atoms with E-state index in [0.29, 0.717) is 5.02 Å². The van der Waals surface area contributed by atoms with Gasteiger partial charge in [-0.1, -0.05) is 11.6 Å². The van der Waals surface area contributed by atoms with Gasteiger partial charge in [0.1, 0.15) is 5.75 Å². The van der Waals surface area contributed by atoms with Gasteiger partial charge in [-0.15, -0.1) is 11.3 Å². The van der Waals surface area contributed by atoms with Crippen LogP contribution in [0.1, 0.15) is 22.2 Å². The van der Waals surface area contributed by atoms with Crippen LogP contribution in [0.15, 0.2) is 23.7 Å². The second kappa shape index (κ2) is 5.67. The summed E-state index contributed by atoms with van der Waals surface area (Å²) < 4.78 is 5.35.